The molecule has 3 rings (SSSR count). The van der Waals surface area contributed by atoms with E-state index in [1.807, 2.05) is 31.3 Å². The number of hydrogen-bond donors (Lipinski definition) is 0. The lowest BCUT2D eigenvalue weighted by atomic mass is 10.0. The summed E-state index contributed by atoms with van der Waals surface area (Å²) in [5, 5.41) is 8.87. The lowest BCUT2D eigenvalue weighted by Gasteiger charge is -2.08. The minimum Gasteiger partial charge on any atom is -0.328 e. The number of fused-ring (bicyclic) bond motifs is 1. The van der Waals surface area contributed by atoms with Gasteiger partial charge in [-0.1, -0.05) is 6.07 Å². The van der Waals surface area contributed by atoms with Crippen LogP contribution in [0, 0.1) is 18.3 Å². The normalized spacial score (nSPS) is 13.4. The van der Waals surface area contributed by atoms with Crippen molar-refractivity contribution >= 4 is 0 Å². The highest BCUT2D eigenvalue weighted by Crippen LogP contribution is 2.28. The van der Waals surface area contributed by atoms with Crippen molar-refractivity contribution in [2.45, 2.75) is 26.3 Å². The van der Waals surface area contributed by atoms with Crippen LogP contribution in [0.5, 0.6) is 0 Å². The maximum atomic E-state index is 8.87. The molecule has 2 heterocycles. The summed E-state index contributed by atoms with van der Waals surface area (Å²) in [4.78, 5) is 4.45. The Bertz CT molecular complexity index is 617. The molecule has 0 spiro atoms. The Morgan fingerprint density at radius 1 is 1.41 bits per heavy atom. The van der Waals surface area contributed by atoms with Gasteiger partial charge in [-0.3, -0.25) is 0 Å². The second-order valence-corrected chi connectivity index (χ2v) is 4.46. The zero-order chi connectivity index (χ0) is 11.8. The Morgan fingerprint density at radius 3 is 3.06 bits per heavy atom. The summed E-state index contributed by atoms with van der Waals surface area (Å²) >= 11 is 0. The van der Waals surface area contributed by atoms with Gasteiger partial charge in [0.1, 0.15) is 5.82 Å². The number of aromatic nitrogens is 2. The molecular formula is C14H13N3. The third-order valence-electron chi connectivity index (χ3n) is 3.35. The molecule has 0 aliphatic carbocycles. The van der Waals surface area contributed by atoms with Crippen LogP contribution in [0.4, 0.5) is 0 Å². The van der Waals surface area contributed by atoms with Crippen LogP contribution in [-0.2, 0) is 13.0 Å². The maximum absolute atomic E-state index is 8.87. The van der Waals surface area contributed by atoms with Crippen molar-refractivity contribution in [1.82, 2.24) is 9.55 Å². The zero-order valence-electron chi connectivity index (χ0n) is 9.77. The third kappa shape index (κ3) is 1.53. The lowest BCUT2D eigenvalue weighted by molar-refractivity contribution is 0.755. The Balaban J connectivity index is 2.13. The van der Waals surface area contributed by atoms with E-state index in [-0.39, 0.29) is 0 Å². The average Bonchev–Trinajstić information content (AvgIpc) is 2.91. The predicted octanol–water partition coefficient (Wildman–Crippen LogP) is 2.68. The van der Waals surface area contributed by atoms with Crippen LogP contribution >= 0.6 is 0 Å². The fourth-order valence-corrected chi connectivity index (χ4v) is 2.49. The van der Waals surface area contributed by atoms with Crippen LogP contribution in [0.3, 0.4) is 0 Å². The standard InChI is InChI=1S/C14H13N3/c1-10-7-11(8-15)4-5-12(10)13-9-16-14-3-2-6-17(13)14/h4-5,7,9H,2-3,6H2,1H3. The highest BCUT2D eigenvalue weighted by molar-refractivity contribution is 5.65. The van der Waals surface area contributed by atoms with Gasteiger partial charge >= 0.3 is 0 Å². The van der Waals surface area contributed by atoms with E-state index in [9.17, 15) is 0 Å². The first-order chi connectivity index (χ1) is 8.29. The molecule has 17 heavy (non-hydrogen) atoms. The summed E-state index contributed by atoms with van der Waals surface area (Å²) in [7, 11) is 0. The first-order valence-corrected chi connectivity index (χ1v) is 5.85. The Hall–Kier alpha value is -2.08. The minimum absolute atomic E-state index is 0.715. The predicted molar refractivity (Wildman–Crippen MR) is 65.4 cm³/mol. The quantitative estimate of drug-likeness (QED) is 0.745. The monoisotopic (exact) mass is 223 g/mol. The van der Waals surface area contributed by atoms with Crippen molar-refractivity contribution in [2.75, 3.05) is 0 Å². The van der Waals surface area contributed by atoms with Gasteiger partial charge in [-0.15, -0.1) is 0 Å². The first-order valence-electron chi connectivity index (χ1n) is 5.85. The molecule has 1 aromatic heterocycles. The third-order valence-corrected chi connectivity index (χ3v) is 3.35. The molecular weight excluding hydrogens is 210 g/mol. The van der Waals surface area contributed by atoms with Gasteiger partial charge in [0.2, 0.25) is 0 Å². The summed E-state index contributed by atoms with van der Waals surface area (Å²) in [6, 6.07) is 8.00. The summed E-state index contributed by atoms with van der Waals surface area (Å²) in [6.45, 7) is 3.11. The van der Waals surface area contributed by atoms with Crippen LogP contribution in [-0.4, -0.2) is 9.55 Å². The number of rotatable bonds is 1. The van der Waals surface area contributed by atoms with E-state index in [0.717, 1.165) is 18.5 Å². The van der Waals surface area contributed by atoms with Crippen LogP contribution in [0.15, 0.2) is 24.4 Å². The Morgan fingerprint density at radius 2 is 2.29 bits per heavy atom. The van der Waals surface area contributed by atoms with E-state index in [4.69, 9.17) is 5.26 Å². The van der Waals surface area contributed by atoms with Crippen molar-refractivity contribution in [3.8, 4) is 17.3 Å². The fraction of sp³-hybridized carbons (Fsp3) is 0.286. The molecule has 84 valence electrons. The highest BCUT2D eigenvalue weighted by atomic mass is 15.1. The summed E-state index contributed by atoms with van der Waals surface area (Å²) < 4.78 is 2.29. The maximum Gasteiger partial charge on any atom is 0.109 e. The number of imidazole rings is 1. The molecule has 0 N–H and O–H groups in total. The van der Waals surface area contributed by atoms with E-state index in [1.165, 1.54) is 23.5 Å². The second kappa shape index (κ2) is 3.74. The number of nitrogens with zero attached hydrogens (tertiary/aromatic N) is 3. The number of nitriles is 1. The van der Waals surface area contributed by atoms with Gasteiger partial charge in [0.05, 0.1) is 23.5 Å². The Kier molecular flexibility index (Phi) is 2.22. The fourth-order valence-electron chi connectivity index (χ4n) is 2.49. The molecule has 1 aliphatic heterocycles. The Labute approximate surface area is 100 Å². The molecule has 1 aromatic carbocycles. The highest BCUT2D eigenvalue weighted by Gasteiger charge is 2.17. The molecule has 1 aliphatic rings. The van der Waals surface area contributed by atoms with Crippen LogP contribution < -0.4 is 0 Å². The average molecular weight is 223 g/mol. The van der Waals surface area contributed by atoms with Crippen molar-refractivity contribution < 1.29 is 0 Å². The SMILES string of the molecule is Cc1cc(C#N)ccc1-c1cnc2n1CCC2. The zero-order valence-corrected chi connectivity index (χ0v) is 9.77. The molecule has 3 nitrogen and oxygen atoms in total. The van der Waals surface area contributed by atoms with Crippen LogP contribution in [0.2, 0.25) is 0 Å². The molecule has 0 unspecified atom stereocenters. The molecule has 0 saturated heterocycles. The van der Waals surface area contributed by atoms with Crippen LogP contribution in [0.25, 0.3) is 11.3 Å². The van der Waals surface area contributed by atoms with Gasteiger partial charge in [0.15, 0.2) is 0 Å². The van der Waals surface area contributed by atoms with Crippen LogP contribution in [0.1, 0.15) is 23.4 Å². The summed E-state index contributed by atoms with van der Waals surface area (Å²) in [5.74, 6) is 1.18. The first kappa shape index (κ1) is 10.1. The van der Waals surface area contributed by atoms with Crippen molar-refractivity contribution in [3.05, 3.63) is 41.3 Å². The van der Waals surface area contributed by atoms with E-state index in [2.05, 4.69) is 15.6 Å². The number of aryl methyl sites for hydroxylation is 2. The lowest BCUT2D eigenvalue weighted by Crippen LogP contribution is -1.96. The van der Waals surface area contributed by atoms with Gasteiger partial charge < -0.3 is 4.57 Å². The summed E-state index contributed by atoms with van der Waals surface area (Å²) in [6.07, 6.45) is 4.21. The molecule has 0 atom stereocenters. The molecule has 2 aromatic rings. The molecule has 0 bridgehead atoms. The van der Waals surface area contributed by atoms with E-state index in [1.54, 1.807) is 0 Å². The van der Waals surface area contributed by atoms with E-state index < -0.39 is 0 Å². The number of hydrogen-bond acceptors (Lipinski definition) is 2. The smallest absolute Gasteiger partial charge is 0.109 e. The van der Waals surface area contributed by atoms with Gasteiger partial charge in [-0.25, -0.2) is 4.98 Å². The summed E-state index contributed by atoms with van der Waals surface area (Å²) in [5.41, 5.74) is 4.22. The van der Waals surface area contributed by atoms with Crippen molar-refractivity contribution in [1.29, 1.82) is 5.26 Å². The van der Waals surface area contributed by atoms with E-state index in [0.29, 0.717) is 5.56 Å². The minimum atomic E-state index is 0.715. The molecule has 0 radical (unpaired) electrons. The molecule has 0 fully saturated rings. The molecule has 0 amide bonds. The molecule has 3 heteroatoms. The molecule has 0 saturated carbocycles. The van der Waals surface area contributed by atoms with Crippen molar-refractivity contribution in [2.24, 2.45) is 0 Å². The van der Waals surface area contributed by atoms with Gasteiger partial charge in [-0.2, -0.15) is 5.26 Å². The van der Waals surface area contributed by atoms with Gasteiger partial charge in [0.25, 0.3) is 0 Å². The van der Waals surface area contributed by atoms with E-state index >= 15 is 0 Å². The van der Waals surface area contributed by atoms with Gasteiger partial charge in [0, 0.05) is 18.5 Å². The number of benzene rings is 1. The van der Waals surface area contributed by atoms with Crippen molar-refractivity contribution in [3.63, 3.8) is 0 Å². The van der Waals surface area contributed by atoms with Gasteiger partial charge in [-0.05, 0) is 31.0 Å². The largest absolute Gasteiger partial charge is 0.328 e. The topological polar surface area (TPSA) is 41.6 Å². The second-order valence-electron chi connectivity index (χ2n) is 4.46.